The zero-order valence-corrected chi connectivity index (χ0v) is 36.3. The summed E-state index contributed by atoms with van der Waals surface area (Å²) in [4.78, 5) is 46.1. The molecule has 326 valence electrons. The highest BCUT2D eigenvalue weighted by Crippen LogP contribution is 2.49. The minimum atomic E-state index is -2.17. The van der Waals surface area contributed by atoms with Crippen molar-refractivity contribution in [3.63, 3.8) is 0 Å². The van der Waals surface area contributed by atoms with Crippen LogP contribution < -0.4 is 30.7 Å². The number of hydrogen-bond acceptors (Lipinski definition) is 10. The molecule has 0 unspecified atom stereocenters. The number of nitrogens with two attached hydrogens (primary N) is 1. The molecular weight excluding hydrogens is 826 g/mol. The Bertz CT molecular complexity index is 3130. The van der Waals surface area contributed by atoms with E-state index in [1.165, 1.54) is 6.33 Å². The number of halogens is 3. The number of aromatic carboxylic acids is 1. The standard InChI is InChI=1S/C48H43F3N8O5/c1-22-17-47(3,4)58(7)30-15-32-28(13-26(22)30)34(29-14-27-23(2)18-48(5,6)59(8)31(27)16-33(29)64-32)35-36(45(61)62)39(50)40(51)37(38(35)49)43(60)53-19-24-9-11-25(12-10-24)20-63-44-41-42(55-21-54-41)56-46(52)57-44/h9-18,21H,19-20H2,1-8H3,(H4-,52,53,54,55,56,57,60,61,62). The highest BCUT2D eigenvalue weighted by molar-refractivity contribution is 6.15. The largest absolute Gasteiger partial charge is 0.545 e. The van der Waals surface area contributed by atoms with Crippen LogP contribution in [0.5, 0.6) is 5.88 Å². The van der Waals surface area contributed by atoms with Crippen molar-refractivity contribution < 1.29 is 37.0 Å². The molecule has 0 fully saturated rings. The molecule has 0 atom stereocenters. The second-order valence-corrected chi connectivity index (χ2v) is 17.4. The van der Waals surface area contributed by atoms with E-state index in [4.69, 9.17) is 14.9 Å². The number of ether oxygens (including phenoxy) is 1. The van der Waals surface area contributed by atoms with Gasteiger partial charge in [0.2, 0.25) is 11.8 Å². The predicted molar refractivity (Wildman–Crippen MR) is 238 cm³/mol. The molecule has 4 N–H and O–H groups in total. The van der Waals surface area contributed by atoms with Gasteiger partial charge in [-0.3, -0.25) is 4.79 Å². The number of fused-ring (bicyclic) bond motifs is 5. The first-order valence-corrected chi connectivity index (χ1v) is 20.4. The van der Waals surface area contributed by atoms with E-state index in [0.717, 1.165) is 33.6 Å². The third-order valence-corrected chi connectivity index (χ3v) is 12.5. The summed E-state index contributed by atoms with van der Waals surface area (Å²) in [6.45, 7) is 11.9. The Labute approximate surface area is 365 Å². The van der Waals surface area contributed by atoms with Crippen LogP contribution in [-0.4, -0.2) is 57.0 Å². The Kier molecular flexibility index (Phi) is 9.69. The number of amides is 1. The smallest absolute Gasteiger partial charge is 0.363 e. The Morgan fingerprint density at radius 2 is 1.36 bits per heavy atom. The van der Waals surface area contributed by atoms with E-state index < -0.39 is 57.1 Å². The molecule has 0 saturated carbocycles. The zero-order valence-electron chi connectivity index (χ0n) is 36.3. The van der Waals surface area contributed by atoms with Crippen molar-refractivity contribution in [1.82, 2.24) is 25.3 Å². The number of carbonyl (C=O) groups excluding carboxylic acids is 2. The number of carboxylic acid groups (broad SMARTS) is 1. The lowest BCUT2D eigenvalue weighted by atomic mass is 9.84. The van der Waals surface area contributed by atoms with Crippen LogP contribution in [0.1, 0.15) is 84.5 Å². The molecular formula is C48H43F3N8O5. The number of nitrogens with zero attached hydrogens (tertiary/aromatic N) is 5. The van der Waals surface area contributed by atoms with Gasteiger partial charge in [0.15, 0.2) is 22.8 Å². The highest BCUT2D eigenvalue weighted by atomic mass is 19.2. The van der Waals surface area contributed by atoms with E-state index in [1.807, 2.05) is 55.6 Å². The van der Waals surface area contributed by atoms with Crippen LogP contribution in [0.15, 0.2) is 71.4 Å². The van der Waals surface area contributed by atoms with Crippen LogP contribution in [0.4, 0.5) is 30.5 Å². The molecule has 4 aromatic carbocycles. The SMILES string of the molecule is CC1=CC(C)(C)N(C)c2cc3[o+]c4cc5c(cc4c(-c4c(F)c(C(=O)NCc6ccc(COc7nc(N)nc8[nH]cnc78)cc6)c(F)c(F)c4C(=O)[O-])c3cc21)C(C)=CC(C)(C)N5C. The van der Waals surface area contributed by atoms with Crippen molar-refractivity contribution in [3.05, 3.63) is 118 Å². The van der Waals surface area contributed by atoms with Gasteiger partial charge in [0, 0.05) is 48.5 Å². The molecule has 0 radical (unpaired) electrons. The molecule has 2 aliphatic heterocycles. The summed E-state index contributed by atoms with van der Waals surface area (Å²) in [5.74, 6) is -8.82. The van der Waals surface area contributed by atoms with Gasteiger partial charge in [-0.2, -0.15) is 9.97 Å². The Morgan fingerprint density at radius 3 is 1.92 bits per heavy atom. The molecule has 3 aromatic heterocycles. The third kappa shape index (κ3) is 6.71. The van der Waals surface area contributed by atoms with Crippen LogP contribution in [-0.2, 0) is 13.2 Å². The summed E-state index contributed by atoms with van der Waals surface area (Å²) in [5, 5.41) is 15.8. The molecule has 0 aliphatic carbocycles. The average Bonchev–Trinajstić information content (AvgIpc) is 3.71. The van der Waals surface area contributed by atoms with Gasteiger partial charge < -0.3 is 40.5 Å². The number of benzene rings is 4. The fraction of sp³-hybridized carbons (Fsp3) is 0.250. The lowest BCUT2D eigenvalue weighted by Crippen LogP contribution is -2.42. The summed E-state index contributed by atoms with van der Waals surface area (Å²) in [5.41, 5.74) is 8.56. The monoisotopic (exact) mass is 868 g/mol. The number of nitrogen functional groups attached to an aromatic ring is 1. The van der Waals surface area contributed by atoms with E-state index >= 15 is 13.2 Å². The summed E-state index contributed by atoms with van der Waals surface area (Å²) >= 11 is 0. The minimum Gasteiger partial charge on any atom is -0.545 e. The fourth-order valence-corrected chi connectivity index (χ4v) is 8.84. The molecule has 1 amide bonds. The van der Waals surface area contributed by atoms with E-state index in [0.29, 0.717) is 22.3 Å². The normalized spacial score (nSPS) is 15.2. The highest BCUT2D eigenvalue weighted by Gasteiger charge is 2.38. The number of allylic oxidation sites excluding steroid dienone is 2. The lowest BCUT2D eigenvalue weighted by molar-refractivity contribution is -0.255. The predicted octanol–water partition coefficient (Wildman–Crippen LogP) is 8.34. The molecule has 16 heteroatoms. The zero-order chi connectivity index (χ0) is 45.7. The molecule has 9 rings (SSSR count). The number of carbonyl (C=O) groups is 2. The summed E-state index contributed by atoms with van der Waals surface area (Å²) in [7, 11) is 3.85. The number of hydrogen-bond donors (Lipinski definition) is 3. The van der Waals surface area contributed by atoms with Crippen molar-refractivity contribution in [3.8, 4) is 17.0 Å². The fourth-order valence-electron chi connectivity index (χ4n) is 8.84. The first-order valence-electron chi connectivity index (χ1n) is 20.4. The van der Waals surface area contributed by atoms with Crippen LogP contribution in [0.3, 0.4) is 0 Å². The van der Waals surface area contributed by atoms with Gasteiger partial charge in [-0.15, -0.1) is 0 Å². The molecule has 2 aliphatic rings. The number of anilines is 3. The van der Waals surface area contributed by atoms with Gasteiger partial charge in [0.05, 0.1) is 57.7 Å². The third-order valence-electron chi connectivity index (χ3n) is 12.5. The summed E-state index contributed by atoms with van der Waals surface area (Å²) in [6.07, 6.45) is 5.56. The maximum absolute atomic E-state index is 17.5. The number of aromatic amines is 1. The van der Waals surface area contributed by atoms with Crippen LogP contribution in [0.25, 0.3) is 55.4 Å². The molecule has 0 spiro atoms. The molecule has 5 heterocycles. The van der Waals surface area contributed by atoms with Gasteiger partial charge in [-0.25, -0.2) is 22.6 Å². The number of H-pyrrole nitrogens is 1. The van der Waals surface area contributed by atoms with Crippen molar-refractivity contribution in [2.45, 2.75) is 65.8 Å². The quantitative estimate of drug-likeness (QED) is 0.0760. The maximum atomic E-state index is 17.5. The number of carboxylic acids is 1. The molecule has 13 nitrogen and oxygen atoms in total. The van der Waals surface area contributed by atoms with Crippen molar-refractivity contribution in [1.29, 1.82) is 0 Å². The second-order valence-electron chi connectivity index (χ2n) is 17.4. The van der Waals surface area contributed by atoms with E-state index in [-0.39, 0.29) is 52.5 Å². The molecule has 0 saturated heterocycles. The van der Waals surface area contributed by atoms with Crippen molar-refractivity contribution in [2.75, 3.05) is 29.6 Å². The van der Waals surface area contributed by atoms with Gasteiger partial charge in [-0.05, 0) is 75.9 Å². The first-order chi connectivity index (χ1) is 30.2. The number of aromatic nitrogens is 4. The Hall–Kier alpha value is -7.49. The summed E-state index contributed by atoms with van der Waals surface area (Å²) < 4.78 is 62.5. The number of rotatable bonds is 8. The number of likely N-dealkylation sites (N-methyl/N-ethyl adjacent to an activating group) is 2. The van der Waals surface area contributed by atoms with Crippen LogP contribution >= 0.6 is 0 Å². The van der Waals surface area contributed by atoms with Crippen LogP contribution in [0, 0.1) is 17.5 Å². The Balaban J connectivity index is 1.16. The van der Waals surface area contributed by atoms with Gasteiger partial charge in [-0.1, -0.05) is 36.4 Å². The van der Waals surface area contributed by atoms with Gasteiger partial charge in [0.25, 0.3) is 5.91 Å². The van der Waals surface area contributed by atoms with Crippen molar-refractivity contribution >= 4 is 73.4 Å². The second kappa shape index (κ2) is 14.8. The first kappa shape index (κ1) is 41.8. The van der Waals surface area contributed by atoms with Gasteiger partial charge >= 0.3 is 11.2 Å². The average molecular weight is 869 g/mol. The molecule has 64 heavy (non-hydrogen) atoms. The van der Waals surface area contributed by atoms with E-state index in [1.54, 1.807) is 48.5 Å². The number of nitrogens with one attached hydrogen (secondary N) is 2. The maximum Gasteiger partial charge on any atom is 0.363 e. The van der Waals surface area contributed by atoms with Gasteiger partial charge in [0.1, 0.15) is 18.0 Å². The summed E-state index contributed by atoms with van der Waals surface area (Å²) in [6, 6.07) is 13.7. The molecule has 0 bridgehead atoms. The Morgan fingerprint density at radius 1 is 0.812 bits per heavy atom. The minimum absolute atomic E-state index is 0.000452. The molecule has 7 aromatic rings. The topological polar surface area (TPSA) is 177 Å². The number of imidazole rings is 1. The van der Waals surface area contributed by atoms with Crippen LogP contribution in [0.2, 0.25) is 0 Å². The van der Waals surface area contributed by atoms with E-state index in [9.17, 15) is 14.7 Å². The van der Waals surface area contributed by atoms with Crippen molar-refractivity contribution in [2.24, 2.45) is 0 Å². The lowest BCUT2D eigenvalue weighted by Gasteiger charge is -2.40. The van der Waals surface area contributed by atoms with E-state index in [2.05, 4.69) is 47.2 Å².